The lowest BCUT2D eigenvalue weighted by atomic mass is 10.1. The summed E-state index contributed by atoms with van der Waals surface area (Å²) >= 11 is 1.51. The summed E-state index contributed by atoms with van der Waals surface area (Å²) in [6, 6.07) is 0. The highest BCUT2D eigenvalue weighted by Crippen LogP contribution is 2.19. The molecule has 1 rings (SSSR count). The van der Waals surface area contributed by atoms with Crippen LogP contribution in [0.5, 0.6) is 0 Å². The number of carbonyl (C=O) groups excluding carboxylic acids is 1. The minimum atomic E-state index is 0.134. The third kappa shape index (κ3) is 2.80. The molecular formula is C10H16N2OS. The highest BCUT2D eigenvalue weighted by Gasteiger charge is 2.14. The topological polar surface area (TPSA) is 33.2 Å². The number of hydrogen-bond acceptors (Lipinski definition) is 3. The molecule has 0 saturated heterocycles. The van der Waals surface area contributed by atoms with Crippen molar-refractivity contribution in [2.45, 2.75) is 27.2 Å². The molecule has 0 aliphatic heterocycles. The Morgan fingerprint density at radius 2 is 2.29 bits per heavy atom. The number of nitrogens with zero attached hydrogens (tertiary/aromatic N) is 2. The summed E-state index contributed by atoms with van der Waals surface area (Å²) in [6.07, 6.45) is 0.578. The molecule has 0 N–H and O–H groups in total. The van der Waals surface area contributed by atoms with E-state index in [-0.39, 0.29) is 5.91 Å². The van der Waals surface area contributed by atoms with Gasteiger partial charge in [0.1, 0.15) is 0 Å². The van der Waals surface area contributed by atoms with Crippen LogP contribution in [0.15, 0.2) is 5.38 Å². The highest BCUT2D eigenvalue weighted by molar-refractivity contribution is 7.14. The Bertz CT molecular complexity index is 320. The van der Waals surface area contributed by atoms with Gasteiger partial charge in [-0.3, -0.25) is 9.69 Å². The van der Waals surface area contributed by atoms with Crippen LogP contribution in [-0.4, -0.2) is 17.9 Å². The molecule has 0 bridgehead atoms. The number of amides is 1. The molecule has 0 saturated carbocycles. The Labute approximate surface area is 88.8 Å². The van der Waals surface area contributed by atoms with E-state index in [0.29, 0.717) is 12.3 Å². The molecule has 3 nitrogen and oxygen atoms in total. The average molecular weight is 212 g/mol. The number of aromatic nitrogens is 1. The van der Waals surface area contributed by atoms with E-state index in [0.717, 1.165) is 10.8 Å². The van der Waals surface area contributed by atoms with E-state index in [2.05, 4.69) is 4.98 Å². The molecule has 0 spiro atoms. The van der Waals surface area contributed by atoms with Crippen molar-refractivity contribution >= 4 is 22.4 Å². The van der Waals surface area contributed by atoms with Crippen LogP contribution in [0.4, 0.5) is 5.13 Å². The summed E-state index contributed by atoms with van der Waals surface area (Å²) in [6.45, 7) is 6.01. The Balaban J connectivity index is 2.65. The van der Waals surface area contributed by atoms with Crippen molar-refractivity contribution in [3.8, 4) is 0 Å². The number of carbonyl (C=O) groups is 1. The molecular weight excluding hydrogens is 196 g/mol. The zero-order chi connectivity index (χ0) is 10.7. The summed E-state index contributed by atoms with van der Waals surface area (Å²) < 4.78 is 0. The van der Waals surface area contributed by atoms with Crippen molar-refractivity contribution < 1.29 is 4.79 Å². The average Bonchev–Trinajstić information content (AvgIpc) is 2.49. The first kappa shape index (κ1) is 11.2. The molecule has 0 radical (unpaired) electrons. The van der Waals surface area contributed by atoms with Crippen LogP contribution in [0.25, 0.3) is 0 Å². The molecule has 4 heteroatoms. The van der Waals surface area contributed by atoms with Gasteiger partial charge >= 0.3 is 0 Å². The van der Waals surface area contributed by atoms with Crippen molar-refractivity contribution in [3.05, 3.63) is 11.1 Å². The molecule has 1 aromatic heterocycles. The van der Waals surface area contributed by atoms with Crippen molar-refractivity contribution in [2.24, 2.45) is 5.92 Å². The second kappa shape index (κ2) is 4.55. The fraction of sp³-hybridized carbons (Fsp3) is 0.600. The minimum absolute atomic E-state index is 0.134. The lowest BCUT2D eigenvalue weighted by Crippen LogP contribution is -2.27. The van der Waals surface area contributed by atoms with Crippen LogP contribution in [0.3, 0.4) is 0 Å². The van der Waals surface area contributed by atoms with E-state index >= 15 is 0 Å². The zero-order valence-electron chi connectivity index (χ0n) is 9.07. The van der Waals surface area contributed by atoms with E-state index in [4.69, 9.17) is 0 Å². The van der Waals surface area contributed by atoms with Gasteiger partial charge in [-0.2, -0.15) is 0 Å². The molecule has 78 valence electrons. The van der Waals surface area contributed by atoms with Gasteiger partial charge in [0.25, 0.3) is 0 Å². The Kier molecular flexibility index (Phi) is 3.63. The molecule has 0 aliphatic rings. The first-order chi connectivity index (χ1) is 6.50. The van der Waals surface area contributed by atoms with E-state index in [9.17, 15) is 4.79 Å². The molecule has 0 atom stereocenters. The van der Waals surface area contributed by atoms with Gasteiger partial charge in [-0.05, 0) is 12.8 Å². The van der Waals surface area contributed by atoms with E-state index in [1.165, 1.54) is 11.3 Å². The molecule has 1 heterocycles. The first-order valence-electron chi connectivity index (χ1n) is 4.69. The molecule has 1 amide bonds. The highest BCUT2D eigenvalue weighted by atomic mass is 32.1. The van der Waals surface area contributed by atoms with Gasteiger partial charge in [0.2, 0.25) is 5.91 Å². The number of thiazole rings is 1. The second-order valence-electron chi connectivity index (χ2n) is 3.82. The molecule has 14 heavy (non-hydrogen) atoms. The standard InChI is InChI=1S/C10H16N2OS/c1-7(2)5-9(13)12(4)10-11-8(3)6-14-10/h6-7H,5H2,1-4H3. The molecule has 0 unspecified atom stereocenters. The SMILES string of the molecule is Cc1csc(N(C)C(=O)CC(C)C)n1. The van der Waals surface area contributed by atoms with Gasteiger partial charge in [-0.1, -0.05) is 13.8 Å². The number of rotatable bonds is 3. The van der Waals surface area contributed by atoms with Gasteiger partial charge in [0.05, 0.1) is 5.69 Å². The fourth-order valence-electron chi connectivity index (χ4n) is 1.09. The number of aryl methyl sites for hydroxylation is 1. The summed E-state index contributed by atoms with van der Waals surface area (Å²) in [5.74, 6) is 0.528. The number of anilines is 1. The molecule has 0 aliphatic carbocycles. The maximum Gasteiger partial charge on any atom is 0.228 e. The van der Waals surface area contributed by atoms with E-state index in [1.54, 1.807) is 11.9 Å². The predicted molar refractivity (Wildman–Crippen MR) is 59.7 cm³/mol. The lowest BCUT2D eigenvalue weighted by molar-refractivity contribution is -0.119. The van der Waals surface area contributed by atoms with Crippen LogP contribution in [0, 0.1) is 12.8 Å². The Hall–Kier alpha value is -0.900. The zero-order valence-corrected chi connectivity index (χ0v) is 9.89. The summed E-state index contributed by atoms with van der Waals surface area (Å²) in [5, 5.41) is 2.74. The van der Waals surface area contributed by atoms with Crippen molar-refractivity contribution in [1.29, 1.82) is 0 Å². The monoisotopic (exact) mass is 212 g/mol. The van der Waals surface area contributed by atoms with Crippen LogP contribution < -0.4 is 4.90 Å². The maximum absolute atomic E-state index is 11.7. The van der Waals surface area contributed by atoms with Crippen molar-refractivity contribution in [2.75, 3.05) is 11.9 Å². The summed E-state index contributed by atoms with van der Waals surface area (Å²) in [5.41, 5.74) is 0.967. The van der Waals surface area contributed by atoms with E-state index in [1.807, 2.05) is 26.2 Å². The van der Waals surface area contributed by atoms with Crippen LogP contribution in [-0.2, 0) is 4.79 Å². The molecule has 0 fully saturated rings. The maximum atomic E-state index is 11.7. The van der Waals surface area contributed by atoms with Gasteiger partial charge < -0.3 is 0 Å². The van der Waals surface area contributed by atoms with Gasteiger partial charge in [-0.25, -0.2) is 4.98 Å². The second-order valence-corrected chi connectivity index (χ2v) is 4.66. The van der Waals surface area contributed by atoms with Crippen molar-refractivity contribution in [3.63, 3.8) is 0 Å². The Morgan fingerprint density at radius 3 is 2.71 bits per heavy atom. The normalized spacial score (nSPS) is 10.6. The third-order valence-electron chi connectivity index (χ3n) is 1.85. The van der Waals surface area contributed by atoms with Crippen LogP contribution in [0.2, 0.25) is 0 Å². The number of hydrogen-bond donors (Lipinski definition) is 0. The van der Waals surface area contributed by atoms with Crippen molar-refractivity contribution in [1.82, 2.24) is 4.98 Å². The van der Waals surface area contributed by atoms with Gasteiger partial charge in [-0.15, -0.1) is 11.3 Å². The van der Waals surface area contributed by atoms with Crippen LogP contribution in [0.1, 0.15) is 26.0 Å². The quantitative estimate of drug-likeness (QED) is 0.771. The predicted octanol–water partition coefficient (Wildman–Crippen LogP) is 2.46. The smallest absolute Gasteiger partial charge is 0.228 e. The summed E-state index contributed by atoms with van der Waals surface area (Å²) in [7, 11) is 1.78. The van der Waals surface area contributed by atoms with Gasteiger partial charge in [0, 0.05) is 18.8 Å². The fourth-order valence-corrected chi connectivity index (χ4v) is 1.87. The Morgan fingerprint density at radius 1 is 1.64 bits per heavy atom. The van der Waals surface area contributed by atoms with Crippen LogP contribution >= 0.6 is 11.3 Å². The third-order valence-corrected chi connectivity index (χ3v) is 2.89. The molecule has 0 aromatic carbocycles. The first-order valence-corrected chi connectivity index (χ1v) is 5.57. The molecule has 1 aromatic rings. The summed E-state index contributed by atoms with van der Waals surface area (Å²) in [4.78, 5) is 17.6. The minimum Gasteiger partial charge on any atom is -0.291 e. The van der Waals surface area contributed by atoms with Gasteiger partial charge in [0.15, 0.2) is 5.13 Å². The largest absolute Gasteiger partial charge is 0.291 e. The van der Waals surface area contributed by atoms with E-state index < -0.39 is 0 Å². The lowest BCUT2D eigenvalue weighted by Gasteiger charge is -2.14.